The van der Waals surface area contributed by atoms with E-state index in [-0.39, 0.29) is 13.1 Å². The number of imide groups is 2. The average Bonchev–Trinajstić information content (AvgIpc) is 2.90. The van der Waals surface area contributed by atoms with Crippen LogP contribution in [0.5, 0.6) is 11.5 Å². The van der Waals surface area contributed by atoms with Gasteiger partial charge in [0.1, 0.15) is 6.54 Å². The molecule has 1 saturated heterocycles. The predicted molar refractivity (Wildman–Crippen MR) is 99.8 cm³/mol. The topological polar surface area (TPSA) is 96.5 Å². The van der Waals surface area contributed by atoms with Crippen molar-refractivity contribution in [3.63, 3.8) is 0 Å². The largest absolute Gasteiger partial charge is 0.493 e. The summed E-state index contributed by atoms with van der Waals surface area (Å²) in [6.45, 7) is 3.90. The Bertz CT molecular complexity index is 779. The van der Waals surface area contributed by atoms with Crippen LogP contribution in [0.25, 0.3) is 0 Å². The van der Waals surface area contributed by atoms with E-state index in [1.165, 1.54) is 19.1 Å². The number of likely N-dealkylation sites (N-methyl/N-ethyl adjacent to an activating group) is 1. The number of amides is 5. The molecule has 1 aliphatic heterocycles. The van der Waals surface area contributed by atoms with Crippen LogP contribution in [0.1, 0.15) is 25.8 Å². The zero-order chi connectivity index (χ0) is 20.8. The summed E-state index contributed by atoms with van der Waals surface area (Å²) in [5.41, 5.74) is 0.801. The number of nitrogens with zero attached hydrogens (tertiary/aromatic N) is 3. The minimum Gasteiger partial charge on any atom is -0.493 e. The lowest BCUT2D eigenvalue weighted by atomic mass is 10.2. The Kier molecular flexibility index (Phi) is 6.97. The van der Waals surface area contributed by atoms with E-state index in [4.69, 9.17) is 9.47 Å². The van der Waals surface area contributed by atoms with E-state index in [9.17, 15) is 19.2 Å². The van der Waals surface area contributed by atoms with Crippen LogP contribution in [-0.2, 0) is 20.9 Å². The molecule has 9 heteroatoms. The summed E-state index contributed by atoms with van der Waals surface area (Å²) in [6, 6.07) is 4.55. The summed E-state index contributed by atoms with van der Waals surface area (Å²) in [4.78, 5) is 52.0. The molecule has 0 bridgehead atoms. The second kappa shape index (κ2) is 9.20. The lowest BCUT2D eigenvalue weighted by molar-refractivity contribution is -0.145. The number of hydrogen-bond acceptors (Lipinski definition) is 6. The molecular formula is C19H25N3O6. The van der Waals surface area contributed by atoms with Crippen LogP contribution in [0.4, 0.5) is 4.79 Å². The first kappa shape index (κ1) is 21.2. The minimum atomic E-state index is -0.964. The molecule has 2 rings (SSSR count). The third-order valence-corrected chi connectivity index (χ3v) is 4.43. The lowest BCUT2D eigenvalue weighted by Gasteiger charge is -2.23. The summed E-state index contributed by atoms with van der Waals surface area (Å²) in [6.07, 6.45) is 0.535. The van der Waals surface area contributed by atoms with Crippen molar-refractivity contribution in [2.24, 2.45) is 0 Å². The summed E-state index contributed by atoms with van der Waals surface area (Å²) >= 11 is 0. The van der Waals surface area contributed by atoms with E-state index in [1.54, 1.807) is 32.0 Å². The SMILES string of the molecule is CCCN1C(=O)C(=O)N(CC(=O)N(CC)Cc2ccc(OC)c(OC)c2)C1=O. The number of hydrogen-bond donors (Lipinski definition) is 0. The van der Waals surface area contributed by atoms with Crippen LogP contribution in [0.15, 0.2) is 18.2 Å². The number of ether oxygens (including phenoxy) is 2. The fraction of sp³-hybridized carbons (Fsp3) is 0.474. The Hall–Kier alpha value is -3.10. The van der Waals surface area contributed by atoms with Gasteiger partial charge in [0.2, 0.25) is 5.91 Å². The van der Waals surface area contributed by atoms with Crippen LogP contribution in [0.2, 0.25) is 0 Å². The van der Waals surface area contributed by atoms with Crippen molar-refractivity contribution in [2.75, 3.05) is 33.9 Å². The summed E-state index contributed by atoms with van der Waals surface area (Å²) in [7, 11) is 3.06. The van der Waals surface area contributed by atoms with Gasteiger partial charge in [-0.15, -0.1) is 0 Å². The molecule has 0 N–H and O–H groups in total. The molecule has 9 nitrogen and oxygen atoms in total. The molecule has 0 atom stereocenters. The fourth-order valence-electron chi connectivity index (χ4n) is 2.92. The molecule has 0 radical (unpaired) electrons. The van der Waals surface area contributed by atoms with Crippen molar-refractivity contribution in [2.45, 2.75) is 26.8 Å². The zero-order valence-electron chi connectivity index (χ0n) is 16.6. The molecule has 28 heavy (non-hydrogen) atoms. The van der Waals surface area contributed by atoms with Crippen molar-refractivity contribution in [1.82, 2.24) is 14.7 Å². The maximum Gasteiger partial charge on any atom is 0.334 e. The second-order valence-corrected chi connectivity index (χ2v) is 6.23. The maximum absolute atomic E-state index is 12.7. The smallest absolute Gasteiger partial charge is 0.334 e. The number of benzene rings is 1. The van der Waals surface area contributed by atoms with Crippen LogP contribution >= 0.6 is 0 Å². The van der Waals surface area contributed by atoms with Crippen molar-refractivity contribution in [3.05, 3.63) is 23.8 Å². The molecule has 5 amide bonds. The molecule has 0 aromatic heterocycles. The van der Waals surface area contributed by atoms with Gasteiger partial charge in [0.15, 0.2) is 11.5 Å². The molecule has 1 aromatic rings. The van der Waals surface area contributed by atoms with Crippen molar-refractivity contribution < 1.29 is 28.7 Å². The monoisotopic (exact) mass is 391 g/mol. The van der Waals surface area contributed by atoms with Gasteiger partial charge in [0.25, 0.3) is 0 Å². The fourth-order valence-corrected chi connectivity index (χ4v) is 2.92. The zero-order valence-corrected chi connectivity index (χ0v) is 16.6. The molecule has 0 unspecified atom stereocenters. The molecule has 0 spiro atoms. The highest BCUT2D eigenvalue weighted by Crippen LogP contribution is 2.28. The molecule has 0 saturated carbocycles. The van der Waals surface area contributed by atoms with E-state index >= 15 is 0 Å². The first-order valence-corrected chi connectivity index (χ1v) is 9.03. The van der Waals surface area contributed by atoms with E-state index in [2.05, 4.69) is 0 Å². The Balaban J connectivity index is 2.11. The molecule has 1 fully saturated rings. The Morgan fingerprint density at radius 3 is 2.21 bits per heavy atom. The Morgan fingerprint density at radius 2 is 1.64 bits per heavy atom. The van der Waals surface area contributed by atoms with Crippen LogP contribution in [-0.4, -0.2) is 72.3 Å². The Morgan fingerprint density at radius 1 is 1.00 bits per heavy atom. The van der Waals surface area contributed by atoms with Gasteiger partial charge in [-0.3, -0.25) is 19.3 Å². The lowest BCUT2D eigenvalue weighted by Crippen LogP contribution is -2.43. The van der Waals surface area contributed by atoms with Crippen LogP contribution < -0.4 is 9.47 Å². The molecule has 1 aliphatic rings. The van der Waals surface area contributed by atoms with Crippen LogP contribution in [0.3, 0.4) is 0 Å². The van der Waals surface area contributed by atoms with Crippen LogP contribution in [0, 0.1) is 0 Å². The quantitative estimate of drug-likeness (QED) is 0.464. The number of methoxy groups -OCH3 is 2. The minimum absolute atomic E-state index is 0.150. The first-order chi connectivity index (χ1) is 13.4. The molecule has 152 valence electrons. The number of urea groups is 1. The molecule has 1 aromatic carbocycles. The molecule has 1 heterocycles. The van der Waals surface area contributed by atoms with E-state index in [0.29, 0.717) is 29.4 Å². The van der Waals surface area contributed by atoms with Gasteiger partial charge >= 0.3 is 17.8 Å². The number of carbonyl (C=O) groups is 4. The first-order valence-electron chi connectivity index (χ1n) is 9.03. The van der Waals surface area contributed by atoms with E-state index in [0.717, 1.165) is 10.5 Å². The molecular weight excluding hydrogens is 366 g/mol. The molecule has 0 aliphatic carbocycles. The van der Waals surface area contributed by atoms with Gasteiger partial charge in [0.05, 0.1) is 14.2 Å². The Labute approximate surface area is 163 Å². The van der Waals surface area contributed by atoms with Gasteiger partial charge in [-0.1, -0.05) is 13.0 Å². The highest BCUT2D eigenvalue weighted by Gasteiger charge is 2.45. The summed E-state index contributed by atoms with van der Waals surface area (Å²) < 4.78 is 10.5. The maximum atomic E-state index is 12.7. The van der Waals surface area contributed by atoms with E-state index in [1.807, 2.05) is 0 Å². The van der Waals surface area contributed by atoms with Gasteiger partial charge in [-0.2, -0.15) is 0 Å². The average molecular weight is 391 g/mol. The highest BCUT2D eigenvalue weighted by molar-refractivity contribution is 6.45. The number of carbonyl (C=O) groups excluding carboxylic acids is 4. The third-order valence-electron chi connectivity index (χ3n) is 4.43. The summed E-state index contributed by atoms with van der Waals surface area (Å²) in [5.74, 6) is -1.17. The van der Waals surface area contributed by atoms with Crippen molar-refractivity contribution in [1.29, 1.82) is 0 Å². The van der Waals surface area contributed by atoms with Gasteiger partial charge in [-0.05, 0) is 31.0 Å². The van der Waals surface area contributed by atoms with Crippen molar-refractivity contribution >= 4 is 23.8 Å². The van der Waals surface area contributed by atoms with Gasteiger partial charge in [0, 0.05) is 19.6 Å². The van der Waals surface area contributed by atoms with Gasteiger partial charge < -0.3 is 14.4 Å². The standard InChI is InChI=1S/C19H25N3O6/c1-5-9-21-17(24)18(25)22(19(21)26)12-16(23)20(6-2)11-13-7-8-14(27-3)15(10-13)28-4/h7-8,10H,5-6,9,11-12H2,1-4H3. The van der Waals surface area contributed by atoms with E-state index < -0.39 is 30.3 Å². The predicted octanol–water partition coefficient (Wildman–Crippen LogP) is 1.25. The third kappa shape index (κ3) is 4.24. The summed E-state index contributed by atoms with van der Waals surface area (Å²) in [5, 5.41) is 0. The van der Waals surface area contributed by atoms with Crippen molar-refractivity contribution in [3.8, 4) is 11.5 Å². The normalized spacial score (nSPS) is 13.9. The van der Waals surface area contributed by atoms with Gasteiger partial charge in [-0.25, -0.2) is 9.69 Å². The second-order valence-electron chi connectivity index (χ2n) is 6.23. The number of rotatable bonds is 9. The highest BCUT2D eigenvalue weighted by atomic mass is 16.5.